The third kappa shape index (κ3) is 2.99. The van der Waals surface area contributed by atoms with Crippen molar-refractivity contribution >= 4 is 29.2 Å². The first-order valence-electron chi connectivity index (χ1n) is 6.55. The summed E-state index contributed by atoms with van der Waals surface area (Å²) in [4.78, 5) is 11.9. The Kier molecular flexibility index (Phi) is 4.03. The molecular formula is C14H13Cl2N3O2. The summed E-state index contributed by atoms with van der Waals surface area (Å²) in [6, 6.07) is 5.08. The molecule has 0 bridgehead atoms. The number of carbonyl (C=O) groups excluding carboxylic acids is 1. The molecule has 21 heavy (non-hydrogen) atoms. The number of nitrogens with one attached hydrogen (secondary N) is 2. The van der Waals surface area contributed by atoms with Crippen LogP contribution >= 0.6 is 23.2 Å². The molecule has 7 heteroatoms. The van der Waals surface area contributed by atoms with Crippen LogP contribution in [-0.2, 0) is 13.0 Å². The van der Waals surface area contributed by atoms with Gasteiger partial charge in [0, 0.05) is 6.07 Å². The van der Waals surface area contributed by atoms with Gasteiger partial charge in [0.05, 0.1) is 22.6 Å². The number of hydrogen-bond donors (Lipinski definition) is 2. The summed E-state index contributed by atoms with van der Waals surface area (Å²) in [6.45, 7) is 0.323. The standard InChI is InChI=1S/C14H13Cl2N3O2/c15-11-3-1-9-10(13(11)16)2-4-12(9)18-14(20)17-7-8-5-6-21-19-8/h1,3,5-6,12H,2,4,7H2,(H2,17,18,20)/t12-/m0/s1. The highest BCUT2D eigenvalue weighted by atomic mass is 35.5. The highest BCUT2D eigenvalue weighted by Crippen LogP contribution is 2.38. The number of halogens is 2. The second-order valence-corrected chi connectivity index (χ2v) is 5.62. The molecule has 5 nitrogen and oxygen atoms in total. The maximum absolute atomic E-state index is 11.9. The van der Waals surface area contributed by atoms with E-state index in [1.807, 2.05) is 6.07 Å². The SMILES string of the molecule is O=C(NCc1ccon1)N[C@H]1CCc2c1ccc(Cl)c2Cl. The lowest BCUT2D eigenvalue weighted by Crippen LogP contribution is -2.37. The highest BCUT2D eigenvalue weighted by molar-refractivity contribution is 6.42. The zero-order chi connectivity index (χ0) is 14.8. The van der Waals surface area contributed by atoms with E-state index in [1.54, 1.807) is 12.1 Å². The lowest BCUT2D eigenvalue weighted by Gasteiger charge is -2.15. The fourth-order valence-electron chi connectivity index (χ4n) is 2.49. The van der Waals surface area contributed by atoms with E-state index < -0.39 is 0 Å². The Morgan fingerprint density at radius 2 is 2.24 bits per heavy atom. The first-order chi connectivity index (χ1) is 10.1. The van der Waals surface area contributed by atoms with E-state index in [4.69, 9.17) is 27.7 Å². The van der Waals surface area contributed by atoms with Crippen LogP contribution in [0.3, 0.4) is 0 Å². The predicted octanol–water partition coefficient (Wildman–Crippen LogP) is 3.47. The van der Waals surface area contributed by atoms with Crippen LogP contribution in [0, 0.1) is 0 Å². The Bertz CT molecular complexity index is 658. The van der Waals surface area contributed by atoms with E-state index in [0.717, 1.165) is 24.0 Å². The lowest BCUT2D eigenvalue weighted by molar-refractivity contribution is 0.236. The summed E-state index contributed by atoms with van der Waals surface area (Å²) in [5.74, 6) is 0. The molecule has 1 aliphatic carbocycles. The molecule has 1 heterocycles. The molecule has 3 rings (SSSR count). The Labute approximate surface area is 131 Å². The monoisotopic (exact) mass is 325 g/mol. The number of fused-ring (bicyclic) bond motifs is 1. The quantitative estimate of drug-likeness (QED) is 0.907. The largest absolute Gasteiger partial charge is 0.364 e. The number of carbonyl (C=O) groups is 1. The van der Waals surface area contributed by atoms with E-state index in [0.29, 0.717) is 22.3 Å². The van der Waals surface area contributed by atoms with Gasteiger partial charge in [-0.25, -0.2) is 4.79 Å². The summed E-state index contributed by atoms with van der Waals surface area (Å²) in [5, 5.41) is 10.5. The van der Waals surface area contributed by atoms with Crippen LogP contribution in [0.1, 0.15) is 29.3 Å². The van der Waals surface area contributed by atoms with Crippen molar-refractivity contribution in [3.05, 3.63) is 51.3 Å². The molecule has 2 amide bonds. The van der Waals surface area contributed by atoms with E-state index in [1.165, 1.54) is 6.26 Å². The number of amides is 2. The number of aromatic nitrogens is 1. The molecule has 1 aromatic heterocycles. The third-order valence-corrected chi connectivity index (χ3v) is 4.36. The summed E-state index contributed by atoms with van der Waals surface area (Å²) >= 11 is 12.2. The molecule has 0 aliphatic heterocycles. The molecule has 1 aliphatic rings. The Hall–Kier alpha value is -1.72. The van der Waals surface area contributed by atoms with Crippen LogP contribution in [0.2, 0.25) is 10.0 Å². The molecule has 0 spiro atoms. The van der Waals surface area contributed by atoms with Gasteiger partial charge in [0.15, 0.2) is 0 Å². The third-order valence-electron chi connectivity index (χ3n) is 3.52. The van der Waals surface area contributed by atoms with E-state index in [-0.39, 0.29) is 12.1 Å². The van der Waals surface area contributed by atoms with Crippen molar-refractivity contribution in [1.29, 1.82) is 0 Å². The maximum Gasteiger partial charge on any atom is 0.315 e. The van der Waals surface area contributed by atoms with Crippen molar-refractivity contribution in [3.63, 3.8) is 0 Å². The summed E-state index contributed by atoms with van der Waals surface area (Å²) in [7, 11) is 0. The van der Waals surface area contributed by atoms with Crippen LogP contribution in [0.5, 0.6) is 0 Å². The molecule has 0 saturated heterocycles. The fraction of sp³-hybridized carbons (Fsp3) is 0.286. The zero-order valence-corrected chi connectivity index (χ0v) is 12.5. The minimum atomic E-state index is -0.248. The molecule has 0 saturated carbocycles. The molecule has 0 fully saturated rings. The van der Waals surface area contributed by atoms with E-state index in [2.05, 4.69) is 15.8 Å². The first-order valence-corrected chi connectivity index (χ1v) is 7.31. The number of hydrogen-bond acceptors (Lipinski definition) is 3. The maximum atomic E-state index is 11.9. The number of urea groups is 1. The molecule has 0 unspecified atom stereocenters. The lowest BCUT2D eigenvalue weighted by atomic mass is 10.1. The Balaban J connectivity index is 1.62. The average molecular weight is 326 g/mol. The van der Waals surface area contributed by atoms with Gasteiger partial charge in [0.1, 0.15) is 12.0 Å². The van der Waals surface area contributed by atoms with Crippen LogP contribution in [0.25, 0.3) is 0 Å². The topological polar surface area (TPSA) is 67.2 Å². The predicted molar refractivity (Wildman–Crippen MR) is 79.4 cm³/mol. The Morgan fingerprint density at radius 1 is 1.38 bits per heavy atom. The smallest absolute Gasteiger partial charge is 0.315 e. The summed E-state index contributed by atoms with van der Waals surface area (Å²) in [6.07, 6.45) is 3.09. The van der Waals surface area contributed by atoms with Gasteiger partial charge >= 0.3 is 6.03 Å². The van der Waals surface area contributed by atoms with Crippen molar-refractivity contribution < 1.29 is 9.32 Å². The van der Waals surface area contributed by atoms with Crippen molar-refractivity contribution in [1.82, 2.24) is 15.8 Å². The first kappa shape index (κ1) is 14.2. The minimum Gasteiger partial charge on any atom is -0.364 e. The Morgan fingerprint density at radius 3 is 3.00 bits per heavy atom. The molecular weight excluding hydrogens is 313 g/mol. The number of benzene rings is 1. The van der Waals surface area contributed by atoms with Crippen LogP contribution < -0.4 is 10.6 Å². The fourth-order valence-corrected chi connectivity index (χ4v) is 2.93. The van der Waals surface area contributed by atoms with Gasteiger partial charge in [0.25, 0.3) is 0 Å². The van der Waals surface area contributed by atoms with E-state index >= 15 is 0 Å². The summed E-state index contributed by atoms with van der Waals surface area (Å²) < 4.78 is 4.70. The van der Waals surface area contributed by atoms with Crippen molar-refractivity contribution in [3.8, 4) is 0 Å². The van der Waals surface area contributed by atoms with Crippen LogP contribution in [0.4, 0.5) is 4.79 Å². The number of rotatable bonds is 3. The van der Waals surface area contributed by atoms with Gasteiger partial charge in [-0.2, -0.15) is 0 Å². The minimum absolute atomic E-state index is 0.0490. The molecule has 110 valence electrons. The van der Waals surface area contributed by atoms with E-state index in [9.17, 15) is 4.79 Å². The molecule has 1 aromatic carbocycles. The van der Waals surface area contributed by atoms with Gasteiger partial charge in [0.2, 0.25) is 0 Å². The van der Waals surface area contributed by atoms with Crippen molar-refractivity contribution in [2.45, 2.75) is 25.4 Å². The van der Waals surface area contributed by atoms with Crippen molar-refractivity contribution in [2.75, 3.05) is 0 Å². The molecule has 1 atom stereocenters. The normalized spacial score (nSPS) is 16.6. The van der Waals surface area contributed by atoms with Crippen molar-refractivity contribution in [2.24, 2.45) is 0 Å². The zero-order valence-electron chi connectivity index (χ0n) is 11.0. The molecule has 2 N–H and O–H groups in total. The molecule has 2 aromatic rings. The van der Waals surface area contributed by atoms with Gasteiger partial charge in [-0.15, -0.1) is 0 Å². The average Bonchev–Trinajstić information content (AvgIpc) is 3.11. The van der Waals surface area contributed by atoms with Gasteiger partial charge < -0.3 is 15.2 Å². The summed E-state index contributed by atoms with van der Waals surface area (Å²) in [5.41, 5.74) is 2.72. The van der Waals surface area contributed by atoms with Crippen LogP contribution in [-0.4, -0.2) is 11.2 Å². The van der Waals surface area contributed by atoms with Gasteiger partial charge in [-0.1, -0.05) is 34.4 Å². The van der Waals surface area contributed by atoms with Gasteiger partial charge in [-0.05, 0) is 30.0 Å². The van der Waals surface area contributed by atoms with Crippen LogP contribution in [0.15, 0.2) is 29.0 Å². The second kappa shape index (κ2) is 5.95. The number of nitrogens with zero attached hydrogens (tertiary/aromatic N) is 1. The second-order valence-electron chi connectivity index (χ2n) is 4.84. The molecule has 0 radical (unpaired) electrons. The van der Waals surface area contributed by atoms with Gasteiger partial charge in [-0.3, -0.25) is 0 Å². The highest BCUT2D eigenvalue weighted by Gasteiger charge is 2.26.